The number of nitrogens with zero attached hydrogens (tertiary/aromatic N) is 2. The van der Waals surface area contributed by atoms with Crippen LogP contribution in [-0.4, -0.2) is 4.98 Å². The van der Waals surface area contributed by atoms with Gasteiger partial charge in [-0.15, -0.1) is 0 Å². The fourth-order valence-corrected chi connectivity index (χ4v) is 3.42. The molecule has 0 amide bonds. The van der Waals surface area contributed by atoms with Gasteiger partial charge in [0.05, 0.1) is 12.3 Å². The van der Waals surface area contributed by atoms with Crippen molar-refractivity contribution in [3.05, 3.63) is 59.1 Å². The first-order valence-electron chi connectivity index (χ1n) is 7.87. The zero-order valence-electron chi connectivity index (χ0n) is 13.1. The van der Waals surface area contributed by atoms with E-state index in [1.165, 1.54) is 25.3 Å². The van der Waals surface area contributed by atoms with Gasteiger partial charge in [0.1, 0.15) is 11.6 Å². The molecule has 1 aromatic carbocycles. The van der Waals surface area contributed by atoms with Crippen molar-refractivity contribution in [2.24, 2.45) is 0 Å². The second-order valence-corrected chi connectivity index (χ2v) is 6.42. The minimum Gasteiger partial charge on any atom is -0.256 e. The molecular formula is C19H18F2N2. The lowest BCUT2D eigenvalue weighted by Crippen LogP contribution is -2.25. The molecule has 1 fully saturated rings. The molecule has 0 unspecified atom stereocenters. The highest BCUT2D eigenvalue weighted by Gasteiger charge is 2.29. The molecule has 118 valence electrons. The molecule has 2 aromatic rings. The summed E-state index contributed by atoms with van der Waals surface area (Å²) in [6, 6.07) is 6.35. The third kappa shape index (κ3) is 2.84. The molecule has 3 rings (SSSR count). The summed E-state index contributed by atoms with van der Waals surface area (Å²) in [5.41, 5.74) is 1.28. The standard InChI is InChI=1S/C19H18F2N2/c1-19(9-4-3-5-10-19)13-8-11-23-16(12-13)14-6-7-15(20)18(22-2)17(14)21/h6-8,11-12H,3-5,9-10H2,1H3. The molecule has 1 saturated carbocycles. The summed E-state index contributed by atoms with van der Waals surface area (Å²) < 4.78 is 27.9. The molecule has 0 aliphatic heterocycles. The summed E-state index contributed by atoms with van der Waals surface area (Å²) in [5, 5.41) is 0. The highest BCUT2D eigenvalue weighted by molar-refractivity contribution is 5.68. The second-order valence-electron chi connectivity index (χ2n) is 6.42. The van der Waals surface area contributed by atoms with E-state index in [0.29, 0.717) is 5.69 Å². The van der Waals surface area contributed by atoms with Gasteiger partial charge in [0.25, 0.3) is 5.69 Å². The normalized spacial score (nSPS) is 16.8. The van der Waals surface area contributed by atoms with Crippen molar-refractivity contribution in [2.45, 2.75) is 44.4 Å². The van der Waals surface area contributed by atoms with E-state index in [4.69, 9.17) is 6.57 Å². The van der Waals surface area contributed by atoms with Crippen molar-refractivity contribution in [3.8, 4) is 11.3 Å². The maximum absolute atomic E-state index is 14.4. The van der Waals surface area contributed by atoms with Crippen LogP contribution in [0.25, 0.3) is 16.1 Å². The zero-order valence-corrected chi connectivity index (χ0v) is 13.1. The Bertz CT molecular complexity index is 771. The highest BCUT2D eigenvalue weighted by atomic mass is 19.1. The molecule has 1 aromatic heterocycles. The fourth-order valence-electron chi connectivity index (χ4n) is 3.42. The van der Waals surface area contributed by atoms with Gasteiger partial charge in [0.15, 0.2) is 0 Å². The predicted molar refractivity (Wildman–Crippen MR) is 86.3 cm³/mol. The number of pyridine rings is 1. The van der Waals surface area contributed by atoms with Crippen molar-refractivity contribution in [3.63, 3.8) is 0 Å². The molecule has 0 bridgehead atoms. The van der Waals surface area contributed by atoms with Gasteiger partial charge in [-0.3, -0.25) is 4.98 Å². The number of rotatable bonds is 2. The van der Waals surface area contributed by atoms with Gasteiger partial charge in [-0.2, -0.15) is 0 Å². The zero-order chi connectivity index (χ0) is 16.4. The number of hydrogen-bond donors (Lipinski definition) is 0. The lowest BCUT2D eigenvalue weighted by Gasteiger charge is -2.34. The minimum atomic E-state index is -0.836. The highest BCUT2D eigenvalue weighted by Crippen LogP contribution is 2.40. The largest absolute Gasteiger partial charge is 0.257 e. The Kier molecular flexibility index (Phi) is 4.12. The van der Waals surface area contributed by atoms with Crippen LogP contribution in [0.3, 0.4) is 0 Å². The maximum atomic E-state index is 14.4. The van der Waals surface area contributed by atoms with Crippen LogP contribution in [-0.2, 0) is 5.41 Å². The third-order valence-corrected chi connectivity index (χ3v) is 4.87. The van der Waals surface area contributed by atoms with E-state index < -0.39 is 17.3 Å². The Morgan fingerprint density at radius 1 is 1.13 bits per heavy atom. The van der Waals surface area contributed by atoms with E-state index in [1.54, 1.807) is 6.20 Å². The average Bonchev–Trinajstić information content (AvgIpc) is 2.56. The average molecular weight is 312 g/mol. The first-order chi connectivity index (χ1) is 11.0. The molecule has 23 heavy (non-hydrogen) atoms. The van der Waals surface area contributed by atoms with Crippen LogP contribution in [0, 0.1) is 18.2 Å². The SMILES string of the molecule is [C-]#[N+]c1c(F)ccc(-c2cc(C3(C)CCCCC3)ccn2)c1F. The van der Waals surface area contributed by atoms with Crippen LogP contribution < -0.4 is 0 Å². The van der Waals surface area contributed by atoms with Gasteiger partial charge in [0, 0.05) is 11.8 Å². The van der Waals surface area contributed by atoms with E-state index in [0.717, 1.165) is 24.5 Å². The summed E-state index contributed by atoms with van der Waals surface area (Å²) in [6.45, 7) is 9.18. The molecule has 1 heterocycles. The molecule has 0 atom stereocenters. The topological polar surface area (TPSA) is 17.2 Å². The first kappa shape index (κ1) is 15.6. The Morgan fingerprint density at radius 2 is 1.87 bits per heavy atom. The fraction of sp³-hybridized carbons (Fsp3) is 0.368. The van der Waals surface area contributed by atoms with Crippen molar-refractivity contribution in [1.82, 2.24) is 4.98 Å². The molecule has 4 heteroatoms. The van der Waals surface area contributed by atoms with Crippen LogP contribution >= 0.6 is 0 Å². The quantitative estimate of drug-likeness (QED) is 0.641. The monoisotopic (exact) mass is 312 g/mol. The van der Waals surface area contributed by atoms with Crippen molar-refractivity contribution >= 4 is 5.69 Å². The minimum absolute atomic E-state index is 0.0784. The molecule has 0 spiro atoms. The maximum Gasteiger partial charge on any atom is 0.257 e. The summed E-state index contributed by atoms with van der Waals surface area (Å²) in [4.78, 5) is 7.19. The second kappa shape index (κ2) is 6.08. The summed E-state index contributed by atoms with van der Waals surface area (Å²) >= 11 is 0. The van der Waals surface area contributed by atoms with Crippen LogP contribution in [0.15, 0.2) is 30.5 Å². The summed E-state index contributed by atoms with van der Waals surface area (Å²) in [6.07, 6.45) is 7.53. The Morgan fingerprint density at radius 3 is 2.57 bits per heavy atom. The van der Waals surface area contributed by atoms with Gasteiger partial charge in [0.2, 0.25) is 0 Å². The van der Waals surface area contributed by atoms with E-state index in [2.05, 4.69) is 16.8 Å². The predicted octanol–water partition coefficient (Wildman–Crippen LogP) is 5.80. The third-order valence-electron chi connectivity index (χ3n) is 4.87. The number of benzene rings is 1. The van der Waals surface area contributed by atoms with E-state index in [1.807, 2.05) is 12.1 Å². The van der Waals surface area contributed by atoms with Gasteiger partial charge < -0.3 is 0 Å². The Hall–Kier alpha value is -2.28. The number of halogens is 2. The van der Waals surface area contributed by atoms with E-state index in [-0.39, 0.29) is 11.0 Å². The van der Waals surface area contributed by atoms with Gasteiger partial charge in [-0.25, -0.2) is 13.6 Å². The van der Waals surface area contributed by atoms with Crippen molar-refractivity contribution in [2.75, 3.05) is 0 Å². The molecule has 0 radical (unpaired) electrons. The van der Waals surface area contributed by atoms with Gasteiger partial charge in [-0.1, -0.05) is 26.2 Å². The number of aromatic nitrogens is 1. The summed E-state index contributed by atoms with van der Waals surface area (Å²) in [5.74, 6) is -1.67. The lowest BCUT2D eigenvalue weighted by atomic mass is 9.71. The molecule has 0 N–H and O–H groups in total. The van der Waals surface area contributed by atoms with Crippen molar-refractivity contribution in [1.29, 1.82) is 0 Å². The number of hydrogen-bond acceptors (Lipinski definition) is 1. The van der Waals surface area contributed by atoms with E-state index >= 15 is 0 Å². The van der Waals surface area contributed by atoms with Crippen LogP contribution in [0.2, 0.25) is 0 Å². The van der Waals surface area contributed by atoms with Crippen LogP contribution in [0.1, 0.15) is 44.6 Å². The molecule has 1 aliphatic rings. The Labute approximate surface area is 135 Å². The van der Waals surface area contributed by atoms with Gasteiger partial charge >= 0.3 is 0 Å². The first-order valence-corrected chi connectivity index (χ1v) is 7.87. The molecule has 1 aliphatic carbocycles. The Balaban J connectivity index is 2.06. The smallest absolute Gasteiger partial charge is 0.256 e. The lowest BCUT2D eigenvalue weighted by molar-refractivity contribution is 0.319. The van der Waals surface area contributed by atoms with Gasteiger partial charge in [-0.05, 0) is 48.1 Å². The molecule has 0 saturated heterocycles. The van der Waals surface area contributed by atoms with Crippen molar-refractivity contribution < 1.29 is 8.78 Å². The van der Waals surface area contributed by atoms with Crippen LogP contribution in [0.5, 0.6) is 0 Å². The van der Waals surface area contributed by atoms with E-state index in [9.17, 15) is 8.78 Å². The summed E-state index contributed by atoms with van der Waals surface area (Å²) in [7, 11) is 0. The van der Waals surface area contributed by atoms with Crippen LogP contribution in [0.4, 0.5) is 14.5 Å². The molecular weight excluding hydrogens is 294 g/mol. The molecule has 2 nitrogen and oxygen atoms in total.